The third-order valence-corrected chi connectivity index (χ3v) is 2.76. The van der Waals surface area contributed by atoms with Crippen LogP contribution >= 0.6 is 0 Å². The Morgan fingerprint density at radius 3 is 2.53 bits per heavy atom. The van der Waals surface area contributed by atoms with Gasteiger partial charge in [0.1, 0.15) is 17.6 Å². The lowest BCUT2D eigenvalue weighted by Crippen LogP contribution is -1.94. The van der Waals surface area contributed by atoms with Crippen molar-refractivity contribution < 1.29 is 9.13 Å². The summed E-state index contributed by atoms with van der Waals surface area (Å²) < 4.78 is 19.0. The fraction of sp³-hybridized carbons (Fsp3) is 0.188. The molecule has 0 saturated carbocycles. The standard InChI is InChI=1S/C16H14FNO/c1-2-10-19-13-8-6-12(7-9-13)14-4-3-5-16(17)15(14)11-18/h3-9H,2,10H2,1H3. The second-order valence-corrected chi connectivity index (χ2v) is 4.15. The van der Waals surface area contributed by atoms with Gasteiger partial charge in [-0.05, 0) is 30.2 Å². The highest BCUT2D eigenvalue weighted by Gasteiger charge is 2.09. The Hall–Kier alpha value is -2.34. The van der Waals surface area contributed by atoms with Crippen molar-refractivity contribution in [1.82, 2.24) is 0 Å². The molecule has 96 valence electrons. The van der Waals surface area contributed by atoms with Gasteiger partial charge in [-0.2, -0.15) is 5.26 Å². The van der Waals surface area contributed by atoms with Crippen molar-refractivity contribution >= 4 is 0 Å². The van der Waals surface area contributed by atoms with Gasteiger partial charge in [0.25, 0.3) is 0 Å². The van der Waals surface area contributed by atoms with E-state index >= 15 is 0 Å². The Labute approximate surface area is 112 Å². The van der Waals surface area contributed by atoms with Crippen LogP contribution in [0.1, 0.15) is 18.9 Å². The van der Waals surface area contributed by atoms with Gasteiger partial charge in [-0.3, -0.25) is 0 Å². The minimum absolute atomic E-state index is 0.0738. The Morgan fingerprint density at radius 1 is 1.16 bits per heavy atom. The van der Waals surface area contributed by atoms with E-state index in [2.05, 4.69) is 0 Å². The molecule has 0 spiro atoms. The van der Waals surface area contributed by atoms with Crippen molar-refractivity contribution in [2.45, 2.75) is 13.3 Å². The van der Waals surface area contributed by atoms with Crippen LogP contribution < -0.4 is 4.74 Å². The third kappa shape index (κ3) is 2.92. The quantitative estimate of drug-likeness (QED) is 0.822. The summed E-state index contributed by atoms with van der Waals surface area (Å²) in [5, 5.41) is 9.02. The van der Waals surface area contributed by atoms with Crippen LogP contribution in [0.4, 0.5) is 4.39 Å². The average molecular weight is 255 g/mol. The minimum Gasteiger partial charge on any atom is -0.494 e. The SMILES string of the molecule is CCCOc1ccc(-c2cccc(F)c2C#N)cc1. The molecule has 2 aromatic rings. The second kappa shape index (κ2) is 6.01. The smallest absolute Gasteiger partial charge is 0.141 e. The van der Waals surface area contributed by atoms with Crippen molar-refractivity contribution in [3.63, 3.8) is 0 Å². The largest absolute Gasteiger partial charge is 0.494 e. The molecular formula is C16H14FNO. The van der Waals surface area contributed by atoms with E-state index in [4.69, 9.17) is 10.00 Å². The number of hydrogen-bond donors (Lipinski definition) is 0. The van der Waals surface area contributed by atoms with Crippen LogP contribution in [0, 0.1) is 17.1 Å². The van der Waals surface area contributed by atoms with Crippen LogP contribution in [0.3, 0.4) is 0 Å². The van der Waals surface area contributed by atoms with Gasteiger partial charge < -0.3 is 4.74 Å². The topological polar surface area (TPSA) is 33.0 Å². The van der Waals surface area contributed by atoms with Gasteiger partial charge in [0, 0.05) is 5.56 Å². The molecule has 0 fully saturated rings. The molecule has 19 heavy (non-hydrogen) atoms. The Kier molecular flexibility index (Phi) is 4.15. The molecule has 0 radical (unpaired) electrons. The fourth-order valence-corrected chi connectivity index (χ4v) is 1.83. The number of benzene rings is 2. The Balaban J connectivity index is 2.33. The van der Waals surface area contributed by atoms with E-state index in [-0.39, 0.29) is 5.56 Å². The second-order valence-electron chi connectivity index (χ2n) is 4.15. The van der Waals surface area contributed by atoms with Gasteiger partial charge in [-0.25, -0.2) is 4.39 Å². The normalized spacial score (nSPS) is 9.95. The first-order valence-electron chi connectivity index (χ1n) is 6.18. The maximum atomic E-state index is 13.5. The van der Waals surface area contributed by atoms with Gasteiger partial charge >= 0.3 is 0 Å². The van der Waals surface area contributed by atoms with Gasteiger partial charge in [-0.1, -0.05) is 31.2 Å². The number of rotatable bonds is 4. The summed E-state index contributed by atoms with van der Waals surface area (Å²) in [5.74, 6) is 0.284. The van der Waals surface area contributed by atoms with E-state index < -0.39 is 5.82 Å². The third-order valence-electron chi connectivity index (χ3n) is 2.76. The predicted molar refractivity (Wildman–Crippen MR) is 72.3 cm³/mol. The highest BCUT2D eigenvalue weighted by atomic mass is 19.1. The van der Waals surface area contributed by atoms with Crippen molar-refractivity contribution in [3.05, 3.63) is 53.8 Å². The molecule has 0 atom stereocenters. The molecule has 0 aromatic heterocycles. The van der Waals surface area contributed by atoms with E-state index in [0.29, 0.717) is 12.2 Å². The molecule has 0 N–H and O–H groups in total. The molecule has 2 nitrogen and oxygen atoms in total. The zero-order valence-corrected chi connectivity index (χ0v) is 10.7. The zero-order chi connectivity index (χ0) is 13.7. The molecule has 2 rings (SSSR count). The van der Waals surface area contributed by atoms with Crippen molar-refractivity contribution in [1.29, 1.82) is 5.26 Å². The van der Waals surface area contributed by atoms with E-state index in [1.807, 2.05) is 37.3 Å². The highest BCUT2D eigenvalue weighted by Crippen LogP contribution is 2.26. The summed E-state index contributed by atoms with van der Waals surface area (Å²) in [7, 11) is 0. The lowest BCUT2D eigenvalue weighted by atomic mass is 10.00. The summed E-state index contributed by atoms with van der Waals surface area (Å²) in [6.07, 6.45) is 0.949. The van der Waals surface area contributed by atoms with E-state index in [9.17, 15) is 4.39 Å². The van der Waals surface area contributed by atoms with Crippen LogP contribution in [0.15, 0.2) is 42.5 Å². The van der Waals surface area contributed by atoms with Crippen LogP contribution in [0.2, 0.25) is 0 Å². The van der Waals surface area contributed by atoms with Crippen molar-refractivity contribution in [2.24, 2.45) is 0 Å². The van der Waals surface area contributed by atoms with E-state index in [0.717, 1.165) is 17.7 Å². The van der Waals surface area contributed by atoms with Crippen LogP contribution in [-0.2, 0) is 0 Å². The zero-order valence-electron chi connectivity index (χ0n) is 10.7. The molecule has 0 heterocycles. The molecule has 0 aliphatic carbocycles. The van der Waals surface area contributed by atoms with Gasteiger partial charge in [-0.15, -0.1) is 0 Å². The summed E-state index contributed by atoms with van der Waals surface area (Å²) in [6.45, 7) is 2.71. The number of halogens is 1. The van der Waals surface area contributed by atoms with Gasteiger partial charge in [0.2, 0.25) is 0 Å². The Morgan fingerprint density at radius 2 is 1.89 bits per heavy atom. The highest BCUT2D eigenvalue weighted by molar-refractivity contribution is 5.71. The molecule has 0 aliphatic rings. The number of hydrogen-bond acceptors (Lipinski definition) is 2. The van der Waals surface area contributed by atoms with Crippen LogP contribution in [-0.4, -0.2) is 6.61 Å². The molecular weight excluding hydrogens is 241 g/mol. The molecule has 2 aromatic carbocycles. The molecule has 0 amide bonds. The lowest BCUT2D eigenvalue weighted by molar-refractivity contribution is 0.317. The van der Waals surface area contributed by atoms with Crippen LogP contribution in [0.25, 0.3) is 11.1 Å². The molecule has 3 heteroatoms. The Bertz CT molecular complexity index is 599. The predicted octanol–water partition coefficient (Wildman–Crippen LogP) is 4.15. The lowest BCUT2D eigenvalue weighted by Gasteiger charge is -2.07. The molecule has 0 bridgehead atoms. The first kappa shape index (κ1) is 13.1. The summed E-state index contributed by atoms with van der Waals surface area (Å²) in [5.41, 5.74) is 1.48. The summed E-state index contributed by atoms with van der Waals surface area (Å²) in [4.78, 5) is 0. The monoisotopic (exact) mass is 255 g/mol. The average Bonchev–Trinajstić information content (AvgIpc) is 2.45. The first-order chi connectivity index (χ1) is 9.26. The maximum Gasteiger partial charge on any atom is 0.141 e. The number of ether oxygens (including phenoxy) is 1. The van der Waals surface area contributed by atoms with Crippen molar-refractivity contribution in [2.75, 3.05) is 6.61 Å². The minimum atomic E-state index is -0.494. The van der Waals surface area contributed by atoms with E-state index in [1.165, 1.54) is 6.07 Å². The van der Waals surface area contributed by atoms with Gasteiger partial charge in [0.05, 0.1) is 12.2 Å². The molecule has 0 aliphatic heterocycles. The molecule has 0 unspecified atom stereocenters. The van der Waals surface area contributed by atoms with Gasteiger partial charge in [0.15, 0.2) is 0 Å². The fourth-order valence-electron chi connectivity index (χ4n) is 1.83. The first-order valence-corrected chi connectivity index (χ1v) is 6.18. The van der Waals surface area contributed by atoms with Crippen LogP contribution in [0.5, 0.6) is 5.75 Å². The number of nitriles is 1. The van der Waals surface area contributed by atoms with E-state index in [1.54, 1.807) is 12.1 Å². The number of nitrogens with zero attached hydrogens (tertiary/aromatic N) is 1. The maximum absolute atomic E-state index is 13.5. The molecule has 0 saturated heterocycles. The summed E-state index contributed by atoms with van der Waals surface area (Å²) in [6, 6.07) is 13.9. The summed E-state index contributed by atoms with van der Waals surface area (Å²) >= 11 is 0. The van der Waals surface area contributed by atoms with Crippen molar-refractivity contribution in [3.8, 4) is 22.9 Å².